The Balaban J connectivity index is 0.000000151. The van der Waals surface area contributed by atoms with E-state index in [2.05, 4.69) is 0 Å². The van der Waals surface area contributed by atoms with Gasteiger partial charge in [-0.1, -0.05) is 41.9 Å². The second-order valence-electron chi connectivity index (χ2n) is 4.17. The molecule has 0 spiro atoms. The van der Waals surface area contributed by atoms with Crippen LogP contribution in [0.5, 0.6) is 17.2 Å². The summed E-state index contributed by atoms with van der Waals surface area (Å²) in [6, 6.07) is 17.3. The van der Waals surface area contributed by atoms with Crippen LogP contribution in [0.1, 0.15) is 0 Å². The number of hydrogen-bond acceptors (Lipinski definition) is 3. The number of benzene rings is 3. The van der Waals surface area contributed by atoms with Gasteiger partial charge in [0.25, 0.3) is 0 Å². The van der Waals surface area contributed by atoms with Crippen LogP contribution in [-0.4, -0.2) is 15.3 Å². The van der Waals surface area contributed by atoms with Gasteiger partial charge in [0.1, 0.15) is 17.2 Å². The summed E-state index contributed by atoms with van der Waals surface area (Å²) in [6.07, 6.45) is 0. The number of hydrogen-bond donors (Lipinski definition) is 3. The van der Waals surface area contributed by atoms with Crippen molar-refractivity contribution < 1.29 is 15.3 Å². The fraction of sp³-hybridized carbons (Fsp3) is 0. The average Bonchev–Trinajstić information content (AvgIpc) is 2.44. The molecule has 0 aromatic heterocycles. The molecular formula is C16H13ClO3. The minimum atomic E-state index is -0.100. The molecule has 0 fully saturated rings. The number of phenols is 3. The minimum Gasteiger partial charge on any atom is -0.508 e. The van der Waals surface area contributed by atoms with Crippen LogP contribution in [0.15, 0.2) is 60.7 Å². The topological polar surface area (TPSA) is 60.7 Å². The average molecular weight is 289 g/mol. The highest BCUT2D eigenvalue weighted by molar-refractivity contribution is 6.32. The van der Waals surface area contributed by atoms with Crippen molar-refractivity contribution in [1.29, 1.82) is 0 Å². The molecule has 3 nitrogen and oxygen atoms in total. The summed E-state index contributed by atoms with van der Waals surface area (Å²) in [7, 11) is 0. The van der Waals surface area contributed by atoms with E-state index in [1.807, 2.05) is 30.3 Å². The van der Waals surface area contributed by atoms with Gasteiger partial charge >= 0.3 is 0 Å². The molecule has 4 heteroatoms. The van der Waals surface area contributed by atoms with Gasteiger partial charge in [0.2, 0.25) is 0 Å². The molecule has 0 saturated carbocycles. The summed E-state index contributed by atoms with van der Waals surface area (Å²) in [5.74, 6) is 0.234. The highest BCUT2D eigenvalue weighted by Gasteiger charge is 1.96. The molecule has 20 heavy (non-hydrogen) atoms. The van der Waals surface area contributed by atoms with Gasteiger partial charge in [0, 0.05) is 6.07 Å². The van der Waals surface area contributed by atoms with Gasteiger partial charge in [0.05, 0.1) is 5.02 Å². The normalized spacial score (nSPS) is 9.85. The second-order valence-corrected chi connectivity index (χ2v) is 4.57. The van der Waals surface area contributed by atoms with Gasteiger partial charge in [-0.05, 0) is 35.0 Å². The fourth-order valence-corrected chi connectivity index (χ4v) is 1.80. The van der Waals surface area contributed by atoms with E-state index in [4.69, 9.17) is 26.9 Å². The first-order valence-corrected chi connectivity index (χ1v) is 6.29. The van der Waals surface area contributed by atoms with Gasteiger partial charge in [-0.3, -0.25) is 0 Å². The Bertz CT molecular complexity index is 726. The number of rotatable bonds is 0. The van der Waals surface area contributed by atoms with Crippen molar-refractivity contribution in [3.8, 4) is 17.2 Å². The largest absolute Gasteiger partial charge is 0.508 e. The van der Waals surface area contributed by atoms with Crippen LogP contribution in [0.4, 0.5) is 0 Å². The van der Waals surface area contributed by atoms with Crippen LogP contribution in [-0.2, 0) is 0 Å². The van der Waals surface area contributed by atoms with Gasteiger partial charge in [0.15, 0.2) is 0 Å². The van der Waals surface area contributed by atoms with E-state index in [9.17, 15) is 0 Å². The Hall–Kier alpha value is -2.39. The van der Waals surface area contributed by atoms with E-state index in [0.717, 1.165) is 10.8 Å². The monoisotopic (exact) mass is 288 g/mol. The summed E-state index contributed by atoms with van der Waals surface area (Å²) in [6.45, 7) is 0. The molecule has 0 unspecified atom stereocenters. The van der Waals surface area contributed by atoms with E-state index in [1.54, 1.807) is 12.1 Å². The summed E-state index contributed by atoms with van der Waals surface area (Å²) in [5, 5.41) is 29.1. The van der Waals surface area contributed by atoms with Crippen LogP contribution in [0.2, 0.25) is 5.02 Å². The van der Waals surface area contributed by atoms with Gasteiger partial charge in [-0.15, -0.1) is 0 Å². The molecule has 0 heterocycles. The van der Waals surface area contributed by atoms with Crippen LogP contribution in [0, 0.1) is 0 Å². The lowest BCUT2D eigenvalue weighted by atomic mass is 10.1. The highest BCUT2D eigenvalue weighted by atomic mass is 35.5. The van der Waals surface area contributed by atoms with Gasteiger partial charge in [-0.25, -0.2) is 0 Å². The third-order valence-corrected chi connectivity index (χ3v) is 2.98. The minimum absolute atomic E-state index is 0.0110. The number of aromatic hydroxyl groups is 3. The summed E-state index contributed by atoms with van der Waals surface area (Å²) in [4.78, 5) is 0. The molecule has 0 radical (unpaired) electrons. The number of fused-ring (bicyclic) bond motifs is 1. The fourth-order valence-electron chi connectivity index (χ4n) is 1.68. The van der Waals surface area contributed by atoms with E-state index in [-0.39, 0.29) is 16.5 Å². The molecule has 0 aliphatic heterocycles. The molecule has 0 saturated heterocycles. The summed E-state index contributed by atoms with van der Waals surface area (Å²) in [5.41, 5.74) is 0. The molecule has 0 bridgehead atoms. The van der Waals surface area contributed by atoms with Crippen molar-refractivity contribution in [3.63, 3.8) is 0 Å². The van der Waals surface area contributed by atoms with Crippen LogP contribution >= 0.6 is 11.6 Å². The lowest BCUT2D eigenvalue weighted by molar-refractivity contribution is 0.451. The summed E-state index contributed by atoms with van der Waals surface area (Å²) >= 11 is 5.42. The zero-order chi connectivity index (χ0) is 14.5. The Kier molecular flexibility index (Phi) is 4.33. The zero-order valence-corrected chi connectivity index (χ0v) is 11.2. The van der Waals surface area contributed by atoms with Crippen molar-refractivity contribution >= 4 is 22.4 Å². The van der Waals surface area contributed by atoms with Crippen molar-refractivity contribution in [2.75, 3.05) is 0 Å². The smallest absolute Gasteiger partial charge is 0.137 e. The third-order valence-electron chi connectivity index (χ3n) is 2.66. The molecule has 3 N–H and O–H groups in total. The Morgan fingerprint density at radius 1 is 0.650 bits per heavy atom. The molecule has 3 rings (SSSR count). The quantitative estimate of drug-likeness (QED) is 0.578. The van der Waals surface area contributed by atoms with Gasteiger partial charge < -0.3 is 15.3 Å². The van der Waals surface area contributed by atoms with Crippen molar-refractivity contribution in [1.82, 2.24) is 0 Å². The second kappa shape index (κ2) is 6.17. The predicted molar refractivity (Wildman–Crippen MR) is 80.4 cm³/mol. The molecular weight excluding hydrogens is 276 g/mol. The summed E-state index contributed by atoms with van der Waals surface area (Å²) < 4.78 is 0. The molecule has 102 valence electrons. The van der Waals surface area contributed by atoms with Crippen LogP contribution in [0.3, 0.4) is 0 Å². The Labute approximate surface area is 121 Å². The number of halogens is 1. The maximum Gasteiger partial charge on any atom is 0.137 e. The lowest BCUT2D eigenvalue weighted by Gasteiger charge is -1.96. The molecule has 3 aromatic rings. The van der Waals surface area contributed by atoms with E-state index < -0.39 is 0 Å². The first kappa shape index (κ1) is 14.0. The van der Waals surface area contributed by atoms with E-state index in [0.29, 0.717) is 5.75 Å². The van der Waals surface area contributed by atoms with Crippen molar-refractivity contribution in [2.45, 2.75) is 0 Å². The maximum absolute atomic E-state index is 9.13. The first-order chi connectivity index (χ1) is 9.56. The van der Waals surface area contributed by atoms with Crippen LogP contribution < -0.4 is 0 Å². The third kappa shape index (κ3) is 3.56. The molecule has 0 amide bonds. The molecule has 3 aromatic carbocycles. The molecule has 0 aliphatic rings. The maximum atomic E-state index is 9.13. The lowest BCUT2D eigenvalue weighted by Crippen LogP contribution is -1.69. The molecule has 0 aliphatic carbocycles. The SMILES string of the molecule is Oc1ccc(Cl)c(O)c1.Oc1ccc2ccccc2c1. The van der Waals surface area contributed by atoms with Gasteiger partial charge in [-0.2, -0.15) is 0 Å². The first-order valence-electron chi connectivity index (χ1n) is 5.91. The van der Waals surface area contributed by atoms with Crippen molar-refractivity contribution in [3.05, 3.63) is 65.7 Å². The highest BCUT2D eigenvalue weighted by Crippen LogP contribution is 2.26. The predicted octanol–water partition coefficient (Wildman–Crippen LogP) is 4.30. The Morgan fingerprint density at radius 2 is 1.25 bits per heavy atom. The standard InChI is InChI=1S/C10H8O.C6H5ClO2/c11-10-6-5-8-3-1-2-4-9(8)7-10;7-5-2-1-4(8)3-6(5)9/h1-7,11H;1-3,8-9H. The number of phenolic OH excluding ortho intramolecular Hbond substituents is 3. The van der Waals surface area contributed by atoms with Crippen LogP contribution in [0.25, 0.3) is 10.8 Å². The Morgan fingerprint density at radius 3 is 1.90 bits per heavy atom. The van der Waals surface area contributed by atoms with E-state index in [1.165, 1.54) is 18.2 Å². The molecule has 0 atom stereocenters. The van der Waals surface area contributed by atoms with Crippen molar-refractivity contribution in [2.24, 2.45) is 0 Å². The van der Waals surface area contributed by atoms with E-state index >= 15 is 0 Å². The zero-order valence-electron chi connectivity index (χ0n) is 10.5.